The van der Waals surface area contributed by atoms with Gasteiger partial charge >= 0.3 is 0 Å². The fourth-order valence-corrected chi connectivity index (χ4v) is 7.66. The first kappa shape index (κ1) is 34.9. The first-order chi connectivity index (χ1) is 24.9. The Morgan fingerprint density at radius 2 is 1.65 bits per heavy atom. The van der Waals surface area contributed by atoms with Gasteiger partial charge in [-0.05, 0) is 87.1 Å². The summed E-state index contributed by atoms with van der Waals surface area (Å²) in [5.74, 6) is -0.111. The highest BCUT2D eigenvalue weighted by Gasteiger charge is 2.29. The van der Waals surface area contributed by atoms with Crippen LogP contribution in [0, 0.1) is 13.8 Å². The van der Waals surface area contributed by atoms with E-state index in [0.717, 1.165) is 131 Å². The summed E-state index contributed by atoms with van der Waals surface area (Å²) in [7, 11) is 0. The monoisotopic (exact) mass is 690 g/mol. The second kappa shape index (κ2) is 16.2. The molecule has 51 heavy (non-hydrogen) atoms. The minimum Gasteiger partial charge on any atom is -0.379 e. The van der Waals surface area contributed by atoms with Crippen molar-refractivity contribution in [3.8, 4) is 11.1 Å². The molecule has 7 rings (SSSR count). The predicted molar refractivity (Wildman–Crippen MR) is 202 cm³/mol. The molecule has 4 aromatic rings. The van der Waals surface area contributed by atoms with Crippen molar-refractivity contribution >= 4 is 28.9 Å². The summed E-state index contributed by atoms with van der Waals surface area (Å²) in [5, 5.41) is 2.96. The summed E-state index contributed by atoms with van der Waals surface area (Å²) in [4.78, 5) is 39.6. The van der Waals surface area contributed by atoms with Gasteiger partial charge in [0, 0.05) is 92.9 Å². The number of morpholine rings is 1. The number of carbonyl (C=O) groups is 2. The zero-order valence-electron chi connectivity index (χ0n) is 30.0. The molecule has 2 aromatic heterocycles. The summed E-state index contributed by atoms with van der Waals surface area (Å²) < 4.78 is 13.8. The average molecular weight is 691 g/mol. The minimum atomic E-state index is -0.627. The van der Waals surface area contributed by atoms with Crippen LogP contribution >= 0.6 is 0 Å². The van der Waals surface area contributed by atoms with E-state index >= 15 is 0 Å². The average Bonchev–Trinajstić information content (AvgIpc) is 3.55. The van der Waals surface area contributed by atoms with Crippen molar-refractivity contribution < 1.29 is 19.1 Å². The van der Waals surface area contributed by atoms with Crippen LogP contribution in [0.4, 0.5) is 17.2 Å². The number of nitrogens with zero attached hydrogens (tertiary/aromatic N) is 5. The topological polar surface area (TPSA) is 92.2 Å². The number of benzene rings is 2. The number of amides is 1. The molecule has 3 aliphatic rings. The number of hydrogen-bond donors (Lipinski definition) is 1. The summed E-state index contributed by atoms with van der Waals surface area (Å²) in [6.45, 7) is 13.8. The van der Waals surface area contributed by atoms with Crippen molar-refractivity contribution in [1.82, 2.24) is 14.5 Å². The van der Waals surface area contributed by atoms with Gasteiger partial charge in [-0.25, -0.2) is 4.98 Å². The maximum atomic E-state index is 14.0. The van der Waals surface area contributed by atoms with Crippen LogP contribution in [0.1, 0.15) is 52.3 Å². The highest BCUT2D eigenvalue weighted by molar-refractivity contribution is 6.47. The van der Waals surface area contributed by atoms with E-state index < -0.39 is 11.7 Å². The van der Waals surface area contributed by atoms with E-state index in [9.17, 15) is 9.59 Å². The van der Waals surface area contributed by atoms with E-state index in [4.69, 9.17) is 14.5 Å². The first-order valence-corrected chi connectivity index (χ1v) is 18.5. The number of ketones is 1. The lowest BCUT2D eigenvalue weighted by Crippen LogP contribution is -2.47. The Labute approximate surface area is 301 Å². The fraction of sp³-hybridized carbons (Fsp3) is 0.439. The van der Waals surface area contributed by atoms with Gasteiger partial charge in [-0.3, -0.25) is 14.5 Å². The minimum absolute atomic E-state index is 0.416. The molecule has 0 radical (unpaired) electrons. The lowest BCUT2D eigenvalue weighted by atomic mass is 10.0. The van der Waals surface area contributed by atoms with Crippen LogP contribution in [0.15, 0.2) is 66.7 Å². The number of Topliss-reactive ketones (excluding diaryl/α,β-unsaturated/α-hetero) is 1. The van der Waals surface area contributed by atoms with Crippen LogP contribution in [0.2, 0.25) is 0 Å². The van der Waals surface area contributed by atoms with Crippen molar-refractivity contribution in [2.24, 2.45) is 0 Å². The van der Waals surface area contributed by atoms with Gasteiger partial charge in [0.1, 0.15) is 11.5 Å². The van der Waals surface area contributed by atoms with E-state index in [1.807, 2.05) is 49.4 Å². The van der Waals surface area contributed by atoms with Crippen molar-refractivity contribution in [3.05, 3.63) is 94.9 Å². The molecule has 0 atom stereocenters. The van der Waals surface area contributed by atoms with Crippen LogP contribution < -0.4 is 15.1 Å². The molecular formula is C41H50N6O4. The normalized spacial score (nSPS) is 16.6. The van der Waals surface area contributed by atoms with Crippen molar-refractivity contribution in [2.75, 3.05) is 80.8 Å². The van der Waals surface area contributed by atoms with E-state index in [0.29, 0.717) is 24.6 Å². The largest absolute Gasteiger partial charge is 0.379 e. The van der Waals surface area contributed by atoms with Crippen molar-refractivity contribution in [2.45, 2.75) is 52.7 Å². The van der Waals surface area contributed by atoms with E-state index in [1.165, 1.54) is 5.56 Å². The molecule has 1 N–H and O–H groups in total. The molecule has 2 saturated heterocycles. The lowest BCUT2D eigenvalue weighted by Gasteiger charge is -2.38. The lowest BCUT2D eigenvalue weighted by molar-refractivity contribution is -0.112. The summed E-state index contributed by atoms with van der Waals surface area (Å²) in [5.41, 5.74) is 8.29. The van der Waals surface area contributed by atoms with Gasteiger partial charge in [0.05, 0.1) is 19.8 Å². The molecule has 2 aromatic carbocycles. The quantitative estimate of drug-likeness (QED) is 0.112. The molecular weight excluding hydrogens is 640 g/mol. The number of aromatic nitrogens is 2. The van der Waals surface area contributed by atoms with Crippen molar-refractivity contribution in [3.63, 3.8) is 0 Å². The Bertz CT molecular complexity index is 1810. The number of nitrogens with one attached hydrogen (secondary N) is 1. The number of ether oxygens (including phenoxy) is 2. The van der Waals surface area contributed by atoms with Crippen LogP contribution in [0.3, 0.4) is 0 Å². The molecule has 0 bridgehead atoms. The number of piperazine rings is 1. The van der Waals surface area contributed by atoms with Gasteiger partial charge in [0.25, 0.3) is 11.7 Å². The third-order valence-electron chi connectivity index (χ3n) is 10.2. The molecule has 268 valence electrons. The molecule has 0 aliphatic carbocycles. The third-order valence-corrected chi connectivity index (χ3v) is 10.2. The predicted octanol–water partition coefficient (Wildman–Crippen LogP) is 5.89. The Morgan fingerprint density at radius 3 is 2.43 bits per heavy atom. The van der Waals surface area contributed by atoms with Gasteiger partial charge in [0.2, 0.25) is 0 Å². The molecule has 0 unspecified atom stereocenters. The number of carbonyl (C=O) groups excluding carboxylic acids is 2. The van der Waals surface area contributed by atoms with Crippen LogP contribution in [0.5, 0.6) is 0 Å². The van der Waals surface area contributed by atoms with Gasteiger partial charge in [-0.1, -0.05) is 30.3 Å². The summed E-state index contributed by atoms with van der Waals surface area (Å²) >= 11 is 0. The van der Waals surface area contributed by atoms with Gasteiger partial charge < -0.3 is 29.2 Å². The van der Waals surface area contributed by atoms with Crippen LogP contribution in [0.25, 0.3) is 11.1 Å². The molecule has 5 heterocycles. The molecule has 1 amide bonds. The zero-order chi connectivity index (χ0) is 35.2. The highest BCUT2D eigenvalue weighted by atomic mass is 16.5. The Morgan fingerprint density at radius 1 is 0.863 bits per heavy atom. The number of pyridine rings is 1. The maximum Gasteiger partial charge on any atom is 0.298 e. The summed E-state index contributed by atoms with van der Waals surface area (Å²) in [6, 6.07) is 22.2. The van der Waals surface area contributed by atoms with E-state index in [2.05, 4.69) is 55.8 Å². The van der Waals surface area contributed by atoms with Crippen LogP contribution in [-0.2, 0) is 33.8 Å². The fourth-order valence-electron chi connectivity index (χ4n) is 7.66. The zero-order valence-corrected chi connectivity index (χ0v) is 30.0. The van der Waals surface area contributed by atoms with Crippen molar-refractivity contribution in [1.29, 1.82) is 0 Å². The molecule has 3 aliphatic heterocycles. The van der Waals surface area contributed by atoms with Gasteiger partial charge in [0.15, 0.2) is 0 Å². The van der Waals surface area contributed by atoms with E-state index in [-0.39, 0.29) is 0 Å². The molecule has 0 spiro atoms. The number of aryl methyl sites for hydroxylation is 3. The SMILES string of the molecule is Cc1cc(C)nc(N2CCN(c3ccc(NC(=O)C(=O)c4c(-c5ccccc5)cc5n4CCCC5)cc3COCCCN3CCOCC3)CC2)c1. The second-order valence-corrected chi connectivity index (χ2v) is 14.0. The van der Waals surface area contributed by atoms with Gasteiger partial charge in [-0.15, -0.1) is 0 Å². The number of hydrogen-bond acceptors (Lipinski definition) is 8. The molecule has 10 nitrogen and oxygen atoms in total. The Balaban J connectivity index is 1.07. The molecule has 2 fully saturated rings. The second-order valence-electron chi connectivity index (χ2n) is 14.0. The number of fused-ring (bicyclic) bond motifs is 1. The van der Waals surface area contributed by atoms with Crippen LogP contribution in [-0.4, -0.2) is 91.8 Å². The third kappa shape index (κ3) is 8.35. The van der Waals surface area contributed by atoms with E-state index in [1.54, 1.807) is 0 Å². The first-order valence-electron chi connectivity index (χ1n) is 18.5. The smallest absolute Gasteiger partial charge is 0.298 e. The Hall–Kier alpha value is -4.51. The number of anilines is 3. The molecule has 10 heteroatoms. The number of rotatable bonds is 12. The Kier molecular flexibility index (Phi) is 11.1. The maximum absolute atomic E-state index is 14.0. The van der Waals surface area contributed by atoms with Gasteiger partial charge in [-0.2, -0.15) is 0 Å². The standard InChI is InChI=1S/C41H50N6O4/c1-30-25-31(2)42-38(26-30)46-18-16-45(17-19-46)37-13-12-34(27-33(37)29-51-22-8-14-44-20-23-50-24-21-44)43-41(49)40(48)39-36(32-9-4-3-5-10-32)28-35-11-6-7-15-47(35)39/h3-5,9-10,12-13,25-28H,6-8,11,14-24,29H2,1-2H3,(H,43,49). The molecule has 0 saturated carbocycles. The highest BCUT2D eigenvalue weighted by Crippen LogP contribution is 2.32. The summed E-state index contributed by atoms with van der Waals surface area (Å²) in [6.07, 6.45) is 3.92.